The fourth-order valence-corrected chi connectivity index (χ4v) is 8.58. The van der Waals surface area contributed by atoms with E-state index in [1.54, 1.807) is 13.8 Å². The van der Waals surface area contributed by atoms with Crippen molar-refractivity contribution in [2.45, 2.75) is 134 Å². The third kappa shape index (κ3) is 9.02. The van der Waals surface area contributed by atoms with Crippen molar-refractivity contribution in [3.05, 3.63) is 35.9 Å². The summed E-state index contributed by atoms with van der Waals surface area (Å²) in [4.78, 5) is 27.4. The van der Waals surface area contributed by atoms with E-state index in [1.807, 2.05) is 58.0 Å². The van der Waals surface area contributed by atoms with Crippen LogP contribution in [0, 0.1) is 23.7 Å². The lowest BCUT2D eigenvalue weighted by molar-refractivity contribution is -0.131. The topological polar surface area (TPSA) is 133 Å². The van der Waals surface area contributed by atoms with Gasteiger partial charge in [-0.15, -0.1) is 0 Å². The number of amides is 2. The predicted octanol–water partition coefficient (Wildman–Crippen LogP) is 4.35. The van der Waals surface area contributed by atoms with Crippen molar-refractivity contribution < 1.29 is 28.2 Å². The molecule has 0 saturated heterocycles. The highest BCUT2D eigenvalue weighted by atomic mass is 32.2. The van der Waals surface area contributed by atoms with Crippen LogP contribution in [0.3, 0.4) is 0 Å². The van der Waals surface area contributed by atoms with E-state index in [0.29, 0.717) is 25.2 Å². The Morgan fingerprint density at radius 1 is 0.881 bits per heavy atom. The van der Waals surface area contributed by atoms with Crippen LogP contribution in [0.2, 0.25) is 0 Å². The van der Waals surface area contributed by atoms with Crippen LogP contribution in [-0.2, 0) is 19.4 Å². The molecule has 2 saturated carbocycles. The smallest absolute Gasteiger partial charge is 0.242 e. The summed E-state index contributed by atoms with van der Waals surface area (Å²) in [5.74, 6) is -1.49. The third-order valence-electron chi connectivity index (χ3n) is 8.98. The Hall–Kier alpha value is -1.97. The van der Waals surface area contributed by atoms with Gasteiger partial charge in [0.25, 0.3) is 0 Å². The van der Waals surface area contributed by atoms with Crippen LogP contribution in [-0.4, -0.2) is 65.2 Å². The number of aliphatic hydroxyl groups is 2. The first-order valence-electron chi connectivity index (χ1n) is 16.0. The first-order valence-corrected chi connectivity index (χ1v) is 17.6. The van der Waals surface area contributed by atoms with Crippen molar-refractivity contribution >= 4 is 21.7 Å². The van der Waals surface area contributed by atoms with Crippen LogP contribution in [0.1, 0.15) is 104 Å². The van der Waals surface area contributed by atoms with E-state index in [-0.39, 0.29) is 11.8 Å². The summed E-state index contributed by atoms with van der Waals surface area (Å²) in [5.41, 5.74) is 0.798. The van der Waals surface area contributed by atoms with Crippen LogP contribution >= 0.6 is 0 Å². The van der Waals surface area contributed by atoms with Gasteiger partial charge in [0.05, 0.1) is 28.6 Å². The van der Waals surface area contributed by atoms with E-state index < -0.39 is 68.3 Å². The minimum atomic E-state index is -3.56. The Bertz CT molecular complexity index is 1120. The Kier molecular flexibility index (Phi) is 12.5. The molecule has 2 aliphatic carbocycles. The molecule has 2 amide bonds. The maximum Gasteiger partial charge on any atom is 0.242 e. The van der Waals surface area contributed by atoms with Crippen LogP contribution in [0.4, 0.5) is 0 Å². The highest BCUT2D eigenvalue weighted by Crippen LogP contribution is 2.53. The molecule has 238 valence electrons. The van der Waals surface area contributed by atoms with Gasteiger partial charge in [-0.2, -0.15) is 0 Å². The van der Waals surface area contributed by atoms with Crippen LogP contribution in [0.25, 0.3) is 0 Å². The first-order chi connectivity index (χ1) is 19.7. The average Bonchev–Trinajstić information content (AvgIpc) is 3.69. The lowest BCUT2D eigenvalue weighted by Gasteiger charge is -2.34. The molecule has 0 aromatic heterocycles. The fraction of sp³-hybridized carbons (Fsp3) is 0.758. The molecule has 7 atom stereocenters. The zero-order valence-corrected chi connectivity index (χ0v) is 27.1. The van der Waals surface area contributed by atoms with E-state index >= 15 is 0 Å². The van der Waals surface area contributed by atoms with Crippen molar-refractivity contribution in [1.29, 1.82) is 0 Å². The van der Waals surface area contributed by atoms with Gasteiger partial charge in [-0.05, 0) is 56.4 Å². The van der Waals surface area contributed by atoms with Crippen molar-refractivity contribution in [2.75, 3.05) is 0 Å². The maximum atomic E-state index is 13.8. The summed E-state index contributed by atoms with van der Waals surface area (Å²) in [7, 11) is -3.56. The quantitative estimate of drug-likeness (QED) is 0.235. The molecule has 0 radical (unpaired) electrons. The number of rotatable bonds is 15. The maximum absolute atomic E-state index is 13.8. The molecular formula is C33H54N2O6S. The van der Waals surface area contributed by atoms with Gasteiger partial charge in [0.1, 0.15) is 12.1 Å². The molecule has 1 aromatic carbocycles. The van der Waals surface area contributed by atoms with Gasteiger partial charge in [0.15, 0.2) is 9.84 Å². The van der Waals surface area contributed by atoms with Gasteiger partial charge in [0, 0.05) is 5.92 Å². The van der Waals surface area contributed by atoms with E-state index in [4.69, 9.17) is 0 Å². The van der Waals surface area contributed by atoms with E-state index in [2.05, 4.69) is 10.6 Å². The van der Waals surface area contributed by atoms with Crippen molar-refractivity contribution in [3.8, 4) is 0 Å². The Morgan fingerprint density at radius 2 is 1.48 bits per heavy atom. The number of sulfone groups is 1. The van der Waals surface area contributed by atoms with Crippen LogP contribution in [0.15, 0.2) is 30.3 Å². The summed E-state index contributed by atoms with van der Waals surface area (Å²) in [6.45, 7) is 11.1. The Balaban J connectivity index is 1.81. The zero-order chi connectivity index (χ0) is 31.2. The SMILES string of the molecule is CC(C)C[C@H](NC(=O)[C@@H]1[C@@H](c2ccccc2)[C@H]1S(=O)(=O)C(C)C)C(=O)N[C@@H](CC1CCCCC1)[C@@H](O)[C@@H](O)CC(C)C. The molecule has 0 aliphatic heterocycles. The summed E-state index contributed by atoms with van der Waals surface area (Å²) in [5, 5.41) is 26.4. The highest BCUT2D eigenvalue weighted by molar-refractivity contribution is 7.93. The molecule has 3 rings (SSSR count). The van der Waals surface area contributed by atoms with E-state index in [0.717, 1.165) is 31.2 Å². The largest absolute Gasteiger partial charge is 0.390 e. The summed E-state index contributed by atoms with van der Waals surface area (Å²) in [6, 6.07) is 7.68. The van der Waals surface area contributed by atoms with Crippen LogP contribution in [0.5, 0.6) is 0 Å². The molecule has 8 nitrogen and oxygen atoms in total. The molecule has 0 spiro atoms. The molecule has 0 bridgehead atoms. The zero-order valence-electron chi connectivity index (χ0n) is 26.3. The number of carbonyl (C=O) groups is 2. The first kappa shape index (κ1) is 34.5. The Labute approximate surface area is 253 Å². The van der Waals surface area contributed by atoms with Gasteiger partial charge in [-0.1, -0.05) is 90.1 Å². The van der Waals surface area contributed by atoms with Gasteiger partial charge >= 0.3 is 0 Å². The molecule has 42 heavy (non-hydrogen) atoms. The number of aliphatic hydroxyl groups excluding tert-OH is 2. The summed E-state index contributed by atoms with van der Waals surface area (Å²) >= 11 is 0. The number of hydrogen-bond donors (Lipinski definition) is 4. The van der Waals surface area contributed by atoms with Gasteiger partial charge in [0.2, 0.25) is 11.8 Å². The second kappa shape index (κ2) is 15.2. The standard InChI is InChI=1S/C33H54N2O6S/c1-20(2)17-26(32(38)34-25(19-23-13-9-7-10-14-23)30(37)27(36)18-21(3)4)35-33(39)29-28(24-15-11-8-12-16-24)31(29)42(40,41)22(5)6/h8,11-12,15-16,20-23,25-31,36-37H,7,9-10,13-14,17-19H2,1-6H3,(H,34,38)(H,35,39)/t25-,26-,27-,28+,29+,30+,31+/m0/s1. The van der Waals surface area contributed by atoms with Gasteiger partial charge in [-0.25, -0.2) is 8.42 Å². The molecule has 4 N–H and O–H groups in total. The minimum absolute atomic E-state index is 0.0774. The molecule has 2 aliphatic rings. The molecule has 0 unspecified atom stereocenters. The molecule has 9 heteroatoms. The Morgan fingerprint density at radius 3 is 2.02 bits per heavy atom. The summed E-state index contributed by atoms with van der Waals surface area (Å²) < 4.78 is 26.5. The minimum Gasteiger partial charge on any atom is -0.390 e. The fourth-order valence-electron chi connectivity index (χ4n) is 6.60. The predicted molar refractivity (Wildman–Crippen MR) is 166 cm³/mol. The van der Waals surface area contributed by atoms with Crippen molar-refractivity contribution in [1.82, 2.24) is 10.6 Å². The highest BCUT2D eigenvalue weighted by Gasteiger charge is 2.63. The third-order valence-corrected chi connectivity index (χ3v) is 11.6. The van der Waals surface area contributed by atoms with Crippen molar-refractivity contribution in [3.63, 3.8) is 0 Å². The molecule has 0 heterocycles. The van der Waals surface area contributed by atoms with Gasteiger partial charge in [-0.3, -0.25) is 9.59 Å². The molecular weight excluding hydrogens is 552 g/mol. The van der Waals surface area contributed by atoms with E-state index in [1.165, 1.54) is 6.42 Å². The summed E-state index contributed by atoms with van der Waals surface area (Å²) in [6.07, 6.45) is 4.72. The number of benzene rings is 1. The number of carbonyl (C=O) groups excluding carboxylic acids is 2. The second-order valence-electron chi connectivity index (χ2n) is 13.8. The van der Waals surface area contributed by atoms with Crippen molar-refractivity contribution in [2.24, 2.45) is 23.7 Å². The molecule has 2 fully saturated rings. The second-order valence-corrected chi connectivity index (χ2v) is 16.5. The normalized spacial score (nSPS) is 24.3. The average molecular weight is 607 g/mol. The van der Waals surface area contributed by atoms with E-state index in [9.17, 15) is 28.2 Å². The van der Waals surface area contributed by atoms with Gasteiger partial charge < -0.3 is 20.8 Å². The number of nitrogens with one attached hydrogen (secondary N) is 2. The lowest BCUT2D eigenvalue weighted by atomic mass is 9.82. The monoisotopic (exact) mass is 606 g/mol. The number of hydrogen-bond acceptors (Lipinski definition) is 6. The lowest BCUT2D eigenvalue weighted by Crippen LogP contribution is -2.55. The molecule has 1 aromatic rings. The van der Waals surface area contributed by atoms with Crippen LogP contribution < -0.4 is 10.6 Å².